The van der Waals surface area contributed by atoms with E-state index in [9.17, 15) is 9.59 Å². The fourth-order valence-electron chi connectivity index (χ4n) is 4.91. The number of carbonyl (C=O) groups is 2. The molecule has 1 aromatic rings. The van der Waals surface area contributed by atoms with Gasteiger partial charge in [0.1, 0.15) is 5.92 Å². The van der Waals surface area contributed by atoms with E-state index < -0.39 is 5.92 Å². The Labute approximate surface area is 155 Å². The molecular formula is C21H29N3O2. The highest BCUT2D eigenvalue weighted by Crippen LogP contribution is 2.38. The van der Waals surface area contributed by atoms with Gasteiger partial charge in [0.05, 0.1) is 0 Å². The molecule has 0 aromatic heterocycles. The molecule has 1 aliphatic carbocycles. The lowest BCUT2D eigenvalue weighted by Gasteiger charge is -2.22. The predicted molar refractivity (Wildman–Crippen MR) is 102 cm³/mol. The molecule has 0 spiro atoms. The van der Waals surface area contributed by atoms with Gasteiger partial charge in [0.2, 0.25) is 11.8 Å². The molecule has 0 radical (unpaired) electrons. The summed E-state index contributed by atoms with van der Waals surface area (Å²) in [6.45, 7) is 6.45. The maximum absolute atomic E-state index is 13.0. The number of carbonyl (C=O) groups excluding carboxylic acids is 2. The number of hydrogen-bond acceptors (Lipinski definition) is 3. The van der Waals surface area contributed by atoms with Crippen molar-refractivity contribution in [2.24, 2.45) is 23.5 Å². The van der Waals surface area contributed by atoms with E-state index in [-0.39, 0.29) is 17.9 Å². The van der Waals surface area contributed by atoms with E-state index in [0.717, 1.165) is 31.6 Å². The van der Waals surface area contributed by atoms with Gasteiger partial charge in [-0.2, -0.15) is 0 Å². The second kappa shape index (κ2) is 6.69. The summed E-state index contributed by atoms with van der Waals surface area (Å²) >= 11 is 0. The van der Waals surface area contributed by atoms with E-state index in [1.165, 1.54) is 5.56 Å². The number of nitrogens with two attached hydrogens (primary N) is 1. The van der Waals surface area contributed by atoms with Gasteiger partial charge in [-0.1, -0.05) is 26.0 Å². The molecule has 2 N–H and O–H groups in total. The highest BCUT2D eigenvalue weighted by atomic mass is 16.2. The zero-order valence-corrected chi connectivity index (χ0v) is 15.7. The predicted octanol–water partition coefficient (Wildman–Crippen LogP) is 2.36. The van der Waals surface area contributed by atoms with E-state index in [0.29, 0.717) is 30.7 Å². The maximum Gasteiger partial charge on any atom is 0.239 e. The van der Waals surface area contributed by atoms with Crippen molar-refractivity contribution in [3.63, 3.8) is 0 Å². The Hall–Kier alpha value is -1.88. The fourth-order valence-corrected chi connectivity index (χ4v) is 4.91. The first-order chi connectivity index (χ1) is 12.5. The highest BCUT2D eigenvalue weighted by Gasteiger charge is 2.46. The van der Waals surface area contributed by atoms with Crippen molar-refractivity contribution in [2.75, 3.05) is 24.5 Å². The summed E-state index contributed by atoms with van der Waals surface area (Å²) in [5.41, 5.74) is 8.34. The molecule has 26 heavy (non-hydrogen) atoms. The Morgan fingerprint density at radius 3 is 2.50 bits per heavy atom. The van der Waals surface area contributed by atoms with E-state index in [1.807, 2.05) is 17.0 Å². The zero-order chi connectivity index (χ0) is 18.4. The molecule has 5 nitrogen and oxygen atoms in total. The van der Waals surface area contributed by atoms with Crippen LogP contribution in [0.15, 0.2) is 24.3 Å². The molecule has 3 fully saturated rings. The standard InChI is InChI=1S/C21H29N3O2/c1-13(2)14-3-6-16(7-4-14)24-10-9-17(21(24)26)20(25)23-11-15-5-8-19(22)18(15)12-23/h3-4,6-7,13,15,17-19H,5,8-12,22H2,1-2H3. The number of benzene rings is 1. The topological polar surface area (TPSA) is 66.6 Å². The molecule has 4 rings (SSSR count). The van der Waals surface area contributed by atoms with E-state index >= 15 is 0 Å². The first kappa shape index (κ1) is 17.5. The van der Waals surface area contributed by atoms with Crippen LogP contribution in [0.4, 0.5) is 5.69 Å². The largest absolute Gasteiger partial charge is 0.341 e. The van der Waals surface area contributed by atoms with Crippen LogP contribution in [-0.4, -0.2) is 42.4 Å². The van der Waals surface area contributed by atoms with Crippen LogP contribution >= 0.6 is 0 Å². The molecule has 2 heterocycles. The molecule has 140 valence electrons. The number of likely N-dealkylation sites (tertiary alicyclic amines) is 1. The van der Waals surface area contributed by atoms with E-state index in [4.69, 9.17) is 5.73 Å². The maximum atomic E-state index is 13.0. The van der Waals surface area contributed by atoms with Crippen LogP contribution in [0.3, 0.4) is 0 Å². The third-order valence-electron chi connectivity index (χ3n) is 6.60. The van der Waals surface area contributed by atoms with Gasteiger partial charge in [-0.15, -0.1) is 0 Å². The van der Waals surface area contributed by atoms with Gasteiger partial charge < -0.3 is 15.5 Å². The fraction of sp³-hybridized carbons (Fsp3) is 0.619. The van der Waals surface area contributed by atoms with Crippen LogP contribution in [0, 0.1) is 17.8 Å². The molecule has 3 aliphatic rings. The van der Waals surface area contributed by atoms with Gasteiger partial charge in [0.25, 0.3) is 0 Å². The van der Waals surface area contributed by atoms with Crippen LogP contribution in [0.1, 0.15) is 44.6 Å². The molecule has 0 bridgehead atoms. The average molecular weight is 355 g/mol. The van der Waals surface area contributed by atoms with Crippen molar-refractivity contribution in [1.29, 1.82) is 0 Å². The molecule has 4 atom stereocenters. The van der Waals surface area contributed by atoms with Gasteiger partial charge in [0, 0.05) is 31.4 Å². The van der Waals surface area contributed by atoms with Crippen molar-refractivity contribution in [3.05, 3.63) is 29.8 Å². The summed E-state index contributed by atoms with van der Waals surface area (Å²) in [6, 6.07) is 8.36. The Morgan fingerprint density at radius 2 is 1.85 bits per heavy atom. The van der Waals surface area contributed by atoms with E-state index in [2.05, 4.69) is 26.0 Å². The second-order valence-corrected chi connectivity index (χ2v) is 8.49. The number of amides is 2. The summed E-state index contributed by atoms with van der Waals surface area (Å²) in [5.74, 6) is 0.871. The van der Waals surface area contributed by atoms with Crippen molar-refractivity contribution in [2.45, 2.75) is 45.1 Å². The molecule has 1 aromatic carbocycles. The summed E-state index contributed by atoms with van der Waals surface area (Å²) in [7, 11) is 0. The Balaban J connectivity index is 1.43. The third-order valence-corrected chi connectivity index (χ3v) is 6.60. The molecular weight excluding hydrogens is 326 g/mol. The Bertz CT molecular complexity index is 700. The lowest BCUT2D eigenvalue weighted by Crippen LogP contribution is -2.40. The first-order valence-electron chi connectivity index (χ1n) is 9.91. The van der Waals surface area contributed by atoms with Gasteiger partial charge in [-0.25, -0.2) is 0 Å². The number of hydrogen-bond donors (Lipinski definition) is 1. The molecule has 2 amide bonds. The number of rotatable bonds is 3. The lowest BCUT2D eigenvalue weighted by molar-refractivity contribution is -0.139. The number of nitrogens with zero attached hydrogens (tertiary/aromatic N) is 2. The Morgan fingerprint density at radius 1 is 1.12 bits per heavy atom. The normalized spacial score (nSPS) is 31.2. The summed E-state index contributed by atoms with van der Waals surface area (Å²) < 4.78 is 0. The van der Waals surface area contributed by atoms with Gasteiger partial charge in [-0.05, 0) is 54.7 Å². The molecule has 4 unspecified atom stereocenters. The molecule has 5 heteroatoms. The number of fused-ring (bicyclic) bond motifs is 1. The van der Waals surface area contributed by atoms with Crippen LogP contribution in [-0.2, 0) is 9.59 Å². The summed E-state index contributed by atoms with van der Waals surface area (Å²) in [5, 5.41) is 0. The van der Waals surface area contributed by atoms with Gasteiger partial charge in [0.15, 0.2) is 0 Å². The molecule has 2 saturated heterocycles. The van der Waals surface area contributed by atoms with Crippen molar-refractivity contribution in [3.8, 4) is 0 Å². The zero-order valence-electron chi connectivity index (χ0n) is 15.7. The minimum absolute atomic E-state index is 0.0119. The minimum atomic E-state index is -0.519. The smallest absolute Gasteiger partial charge is 0.239 e. The average Bonchev–Trinajstić information content (AvgIpc) is 3.31. The van der Waals surface area contributed by atoms with Crippen LogP contribution in [0.25, 0.3) is 0 Å². The van der Waals surface area contributed by atoms with Crippen molar-refractivity contribution in [1.82, 2.24) is 4.90 Å². The van der Waals surface area contributed by atoms with Gasteiger partial charge in [-0.3, -0.25) is 9.59 Å². The summed E-state index contributed by atoms with van der Waals surface area (Å²) in [6.07, 6.45) is 2.80. The second-order valence-electron chi connectivity index (χ2n) is 8.49. The Kier molecular flexibility index (Phi) is 4.51. The minimum Gasteiger partial charge on any atom is -0.341 e. The first-order valence-corrected chi connectivity index (χ1v) is 9.91. The SMILES string of the molecule is CC(C)c1ccc(N2CCC(C(=O)N3CC4CCC(N)C4C3)C2=O)cc1. The van der Waals surface area contributed by atoms with Crippen LogP contribution in [0.5, 0.6) is 0 Å². The highest BCUT2D eigenvalue weighted by molar-refractivity contribution is 6.09. The third kappa shape index (κ3) is 2.92. The quantitative estimate of drug-likeness (QED) is 0.847. The van der Waals surface area contributed by atoms with E-state index in [1.54, 1.807) is 4.90 Å². The monoisotopic (exact) mass is 355 g/mol. The molecule has 2 aliphatic heterocycles. The van der Waals surface area contributed by atoms with Crippen LogP contribution in [0.2, 0.25) is 0 Å². The van der Waals surface area contributed by atoms with Crippen molar-refractivity contribution >= 4 is 17.5 Å². The summed E-state index contributed by atoms with van der Waals surface area (Å²) in [4.78, 5) is 29.5. The van der Waals surface area contributed by atoms with Gasteiger partial charge >= 0.3 is 0 Å². The van der Waals surface area contributed by atoms with Crippen molar-refractivity contribution < 1.29 is 9.59 Å². The lowest BCUT2D eigenvalue weighted by atomic mass is 9.98. The molecule has 1 saturated carbocycles. The van der Waals surface area contributed by atoms with Crippen LogP contribution < -0.4 is 10.6 Å². The number of anilines is 1.